The van der Waals surface area contributed by atoms with E-state index in [1.54, 1.807) is 12.1 Å². The summed E-state index contributed by atoms with van der Waals surface area (Å²) in [7, 11) is 0. The summed E-state index contributed by atoms with van der Waals surface area (Å²) in [4.78, 5) is 0. The molecule has 3 heteroatoms. The Hall–Kier alpha value is -1.77. The first-order valence-electron chi connectivity index (χ1n) is 9.75. The third-order valence-corrected chi connectivity index (χ3v) is 5.59. The molecule has 0 bridgehead atoms. The number of aryl methyl sites for hydroxylation is 2. The highest BCUT2D eigenvalue weighted by Gasteiger charge is 2.20. The quantitative estimate of drug-likeness (QED) is 0.632. The van der Waals surface area contributed by atoms with Crippen LogP contribution in [0.1, 0.15) is 63.1 Å². The predicted molar refractivity (Wildman–Crippen MR) is 101 cm³/mol. The van der Waals surface area contributed by atoms with Gasteiger partial charge in [0.05, 0.1) is 11.4 Å². The fourth-order valence-electron chi connectivity index (χ4n) is 4.03. The maximum absolute atomic E-state index is 14.0. The first-order chi connectivity index (χ1) is 12.2. The summed E-state index contributed by atoms with van der Waals surface area (Å²) in [5.74, 6) is 1.57. The smallest absolute Gasteiger partial charge is 0.132 e. The molecule has 1 aromatic carbocycles. The molecule has 3 rings (SSSR count). The lowest BCUT2D eigenvalue weighted by atomic mass is 9.78. The number of hydrogen-bond acceptors (Lipinski definition) is 2. The minimum Gasteiger partial charge on any atom is -0.206 e. The summed E-state index contributed by atoms with van der Waals surface area (Å²) in [6.07, 6.45) is 10.4. The van der Waals surface area contributed by atoms with E-state index in [1.807, 2.05) is 25.1 Å². The van der Waals surface area contributed by atoms with Gasteiger partial charge < -0.3 is 0 Å². The molecule has 2 nitrogen and oxygen atoms in total. The molecule has 1 aromatic heterocycles. The Morgan fingerprint density at radius 1 is 0.960 bits per heavy atom. The van der Waals surface area contributed by atoms with Gasteiger partial charge in [0.1, 0.15) is 5.82 Å². The van der Waals surface area contributed by atoms with Gasteiger partial charge in [-0.1, -0.05) is 51.5 Å². The Labute approximate surface area is 150 Å². The van der Waals surface area contributed by atoms with Crippen molar-refractivity contribution in [2.75, 3.05) is 0 Å². The van der Waals surface area contributed by atoms with Gasteiger partial charge in [-0.15, -0.1) is 0 Å². The van der Waals surface area contributed by atoms with Crippen LogP contribution in [-0.4, -0.2) is 10.2 Å². The number of halogens is 1. The summed E-state index contributed by atoms with van der Waals surface area (Å²) >= 11 is 0. The molecule has 25 heavy (non-hydrogen) atoms. The first-order valence-corrected chi connectivity index (χ1v) is 9.75. The van der Waals surface area contributed by atoms with Crippen LogP contribution in [0.3, 0.4) is 0 Å². The number of hydrogen-bond donors (Lipinski definition) is 0. The zero-order valence-corrected chi connectivity index (χ0v) is 15.5. The van der Waals surface area contributed by atoms with E-state index in [-0.39, 0.29) is 5.82 Å². The molecule has 1 aliphatic carbocycles. The van der Waals surface area contributed by atoms with Crippen LogP contribution in [0.5, 0.6) is 0 Å². The first kappa shape index (κ1) is 18.0. The Morgan fingerprint density at radius 3 is 2.28 bits per heavy atom. The molecule has 1 fully saturated rings. The fourth-order valence-corrected chi connectivity index (χ4v) is 4.03. The Morgan fingerprint density at radius 2 is 1.68 bits per heavy atom. The van der Waals surface area contributed by atoms with Crippen molar-refractivity contribution in [1.29, 1.82) is 0 Å². The van der Waals surface area contributed by atoms with E-state index in [1.165, 1.54) is 44.9 Å². The fraction of sp³-hybridized carbons (Fsp3) is 0.545. The van der Waals surface area contributed by atoms with Gasteiger partial charge in [-0.25, -0.2) is 4.39 Å². The summed E-state index contributed by atoms with van der Waals surface area (Å²) in [5.41, 5.74) is 3.08. The van der Waals surface area contributed by atoms with Crippen LogP contribution in [0.25, 0.3) is 11.3 Å². The molecule has 0 unspecified atom stereocenters. The number of nitrogens with zero attached hydrogens (tertiary/aromatic N) is 2. The second-order valence-electron chi connectivity index (χ2n) is 7.61. The van der Waals surface area contributed by atoms with Gasteiger partial charge in [0.2, 0.25) is 0 Å². The van der Waals surface area contributed by atoms with Crippen LogP contribution in [-0.2, 0) is 6.42 Å². The maximum atomic E-state index is 14.0. The van der Waals surface area contributed by atoms with E-state index >= 15 is 0 Å². The van der Waals surface area contributed by atoms with Crippen molar-refractivity contribution in [3.8, 4) is 11.3 Å². The van der Waals surface area contributed by atoms with Crippen LogP contribution in [0.4, 0.5) is 4.39 Å². The van der Waals surface area contributed by atoms with E-state index in [0.29, 0.717) is 11.3 Å². The SMILES string of the molecule is CCCC1CCC(CCc2ccc(-c3ccc(C)cc3F)nn2)CC1. The molecular formula is C22H29FN2. The summed E-state index contributed by atoms with van der Waals surface area (Å²) in [6.45, 7) is 4.17. The summed E-state index contributed by atoms with van der Waals surface area (Å²) in [6, 6.07) is 9.13. The molecule has 1 saturated carbocycles. The van der Waals surface area contributed by atoms with E-state index in [0.717, 1.165) is 29.5 Å². The molecule has 1 aliphatic rings. The second-order valence-corrected chi connectivity index (χ2v) is 7.61. The maximum Gasteiger partial charge on any atom is 0.132 e. The highest BCUT2D eigenvalue weighted by atomic mass is 19.1. The molecule has 2 aromatic rings. The molecule has 134 valence electrons. The van der Waals surface area contributed by atoms with Crippen molar-refractivity contribution in [1.82, 2.24) is 10.2 Å². The molecule has 0 amide bonds. The van der Waals surface area contributed by atoms with Gasteiger partial charge in [0, 0.05) is 5.56 Å². The molecule has 0 atom stereocenters. The minimum atomic E-state index is -0.231. The minimum absolute atomic E-state index is 0.231. The second kappa shape index (κ2) is 8.55. The van der Waals surface area contributed by atoms with Gasteiger partial charge in [-0.3, -0.25) is 0 Å². The van der Waals surface area contributed by atoms with Crippen LogP contribution in [0.15, 0.2) is 30.3 Å². The van der Waals surface area contributed by atoms with E-state index < -0.39 is 0 Å². The van der Waals surface area contributed by atoms with Gasteiger partial charge in [-0.05, 0) is 61.4 Å². The van der Waals surface area contributed by atoms with Crippen molar-refractivity contribution in [3.63, 3.8) is 0 Å². The topological polar surface area (TPSA) is 25.8 Å². The van der Waals surface area contributed by atoms with E-state index in [4.69, 9.17) is 0 Å². The van der Waals surface area contributed by atoms with Crippen molar-refractivity contribution in [2.45, 2.75) is 65.2 Å². The normalized spacial score (nSPS) is 20.6. The lowest BCUT2D eigenvalue weighted by Crippen LogP contribution is -2.15. The lowest BCUT2D eigenvalue weighted by molar-refractivity contribution is 0.252. The monoisotopic (exact) mass is 340 g/mol. The van der Waals surface area contributed by atoms with Gasteiger partial charge in [-0.2, -0.15) is 10.2 Å². The van der Waals surface area contributed by atoms with Crippen LogP contribution < -0.4 is 0 Å². The van der Waals surface area contributed by atoms with Gasteiger partial charge >= 0.3 is 0 Å². The third-order valence-electron chi connectivity index (χ3n) is 5.59. The number of benzene rings is 1. The molecule has 0 N–H and O–H groups in total. The largest absolute Gasteiger partial charge is 0.206 e. The Bertz CT molecular complexity index is 673. The lowest BCUT2D eigenvalue weighted by Gasteiger charge is -2.28. The molecule has 0 saturated heterocycles. The van der Waals surface area contributed by atoms with E-state index in [2.05, 4.69) is 17.1 Å². The van der Waals surface area contributed by atoms with Crippen LogP contribution >= 0.6 is 0 Å². The van der Waals surface area contributed by atoms with Crippen molar-refractivity contribution in [2.24, 2.45) is 11.8 Å². The van der Waals surface area contributed by atoms with Gasteiger partial charge in [0.15, 0.2) is 0 Å². The zero-order chi connectivity index (χ0) is 17.6. The average molecular weight is 340 g/mol. The highest BCUT2D eigenvalue weighted by Crippen LogP contribution is 2.33. The van der Waals surface area contributed by atoms with Crippen molar-refractivity contribution >= 4 is 0 Å². The molecule has 1 heterocycles. The molecular weight excluding hydrogens is 311 g/mol. The highest BCUT2D eigenvalue weighted by molar-refractivity contribution is 5.59. The average Bonchev–Trinajstić information content (AvgIpc) is 2.62. The standard InChI is InChI=1S/C22H29FN2/c1-3-4-17-6-8-18(9-7-17)10-11-19-12-14-22(25-24-19)20-13-5-16(2)15-21(20)23/h5,12-15,17-18H,3-4,6-11H2,1-2H3. The predicted octanol–water partition coefficient (Wildman–Crippen LogP) is 6.13. The summed E-state index contributed by atoms with van der Waals surface area (Å²) < 4.78 is 14.0. The molecule has 0 aliphatic heterocycles. The van der Waals surface area contributed by atoms with Crippen molar-refractivity contribution in [3.05, 3.63) is 47.4 Å². The Balaban J connectivity index is 1.53. The summed E-state index contributed by atoms with van der Waals surface area (Å²) in [5, 5.41) is 8.58. The van der Waals surface area contributed by atoms with Crippen LogP contribution in [0.2, 0.25) is 0 Å². The number of aromatic nitrogens is 2. The third kappa shape index (κ3) is 4.87. The molecule has 0 spiro atoms. The van der Waals surface area contributed by atoms with Gasteiger partial charge in [0.25, 0.3) is 0 Å². The molecule has 0 radical (unpaired) electrons. The van der Waals surface area contributed by atoms with E-state index in [9.17, 15) is 4.39 Å². The van der Waals surface area contributed by atoms with Crippen LogP contribution in [0, 0.1) is 24.6 Å². The Kier molecular flexibility index (Phi) is 6.17. The van der Waals surface area contributed by atoms with Crippen molar-refractivity contribution < 1.29 is 4.39 Å². The zero-order valence-electron chi connectivity index (χ0n) is 15.5. The number of rotatable bonds is 6.